The maximum absolute atomic E-state index is 12.7. The third kappa shape index (κ3) is 6.76. The molecule has 1 aromatic carbocycles. The third-order valence-corrected chi connectivity index (χ3v) is 5.93. The molecule has 0 saturated heterocycles. The minimum atomic E-state index is -4.21. The Hall–Kier alpha value is -2.54. The van der Waals surface area contributed by atoms with Gasteiger partial charge >= 0.3 is 5.97 Å². The summed E-state index contributed by atoms with van der Waals surface area (Å²) in [5.41, 5.74) is 5.64. The Labute approximate surface area is 182 Å². The lowest BCUT2D eigenvalue weighted by Gasteiger charge is -2.18. The molecule has 1 heterocycles. The minimum absolute atomic E-state index is 0.0250. The molecule has 1 amide bonds. The number of H-pyrrole nitrogens is 1. The Balaban J connectivity index is 2.11. The van der Waals surface area contributed by atoms with Gasteiger partial charge in [0.05, 0.1) is 20.6 Å². The van der Waals surface area contributed by atoms with Crippen molar-refractivity contribution >= 4 is 56.7 Å². The number of nitrogens with two attached hydrogens (primary N) is 1. The monoisotopic (exact) mass is 478 g/mol. The standard InChI is InChI=1S/C16H20Cl2N6O5S/c17-10-6-9(7-11(18)14(10)19)30(28,29)24-12(15(27)23-8-13(25)26)2-1-3-20-16-21-4-5-22-16/h4-7,12,24H,1-3,8,19H2,(H,23,27)(H,25,26)(H2,20,21,22)/t12-/m0/s1. The number of aromatic nitrogens is 2. The quantitative estimate of drug-likeness (QED) is 0.204. The number of carboxylic acids is 1. The molecule has 30 heavy (non-hydrogen) atoms. The van der Waals surface area contributed by atoms with Crippen molar-refractivity contribution in [2.24, 2.45) is 0 Å². The summed E-state index contributed by atoms with van der Waals surface area (Å²) in [4.78, 5) is 29.6. The Morgan fingerprint density at radius 1 is 1.27 bits per heavy atom. The molecule has 2 aromatic rings. The molecular formula is C16H20Cl2N6O5S. The van der Waals surface area contributed by atoms with Crippen molar-refractivity contribution in [2.45, 2.75) is 23.8 Å². The number of halogens is 2. The highest BCUT2D eigenvalue weighted by Gasteiger charge is 2.27. The zero-order valence-electron chi connectivity index (χ0n) is 15.5. The molecule has 0 unspecified atom stereocenters. The predicted molar refractivity (Wildman–Crippen MR) is 112 cm³/mol. The van der Waals surface area contributed by atoms with Gasteiger partial charge in [0.1, 0.15) is 12.6 Å². The zero-order valence-corrected chi connectivity index (χ0v) is 17.8. The largest absolute Gasteiger partial charge is 0.480 e. The van der Waals surface area contributed by atoms with Gasteiger partial charge in [0.2, 0.25) is 15.9 Å². The summed E-state index contributed by atoms with van der Waals surface area (Å²) >= 11 is 11.8. The number of hydrogen-bond acceptors (Lipinski definition) is 7. The van der Waals surface area contributed by atoms with Crippen molar-refractivity contribution in [1.29, 1.82) is 0 Å². The number of nitrogens with zero attached hydrogens (tertiary/aromatic N) is 1. The Kier molecular flexibility index (Phi) is 8.29. The second-order valence-corrected chi connectivity index (χ2v) is 8.62. The highest BCUT2D eigenvalue weighted by molar-refractivity contribution is 7.89. The Morgan fingerprint density at radius 2 is 1.93 bits per heavy atom. The molecule has 0 radical (unpaired) electrons. The van der Waals surface area contributed by atoms with E-state index in [4.69, 9.17) is 34.0 Å². The molecule has 0 aliphatic heterocycles. The summed E-state index contributed by atoms with van der Waals surface area (Å²) in [6, 6.07) is 0.980. The Morgan fingerprint density at radius 3 is 2.50 bits per heavy atom. The van der Waals surface area contributed by atoms with E-state index in [1.54, 1.807) is 12.4 Å². The van der Waals surface area contributed by atoms with Crippen molar-refractivity contribution in [3.05, 3.63) is 34.6 Å². The van der Waals surface area contributed by atoms with Crippen molar-refractivity contribution in [2.75, 3.05) is 24.1 Å². The first-order valence-electron chi connectivity index (χ1n) is 8.59. The topological polar surface area (TPSA) is 179 Å². The van der Waals surface area contributed by atoms with Crippen molar-refractivity contribution in [3.63, 3.8) is 0 Å². The van der Waals surface area contributed by atoms with Gasteiger partial charge < -0.3 is 26.5 Å². The summed E-state index contributed by atoms with van der Waals surface area (Å²) in [6.45, 7) is -0.265. The first kappa shape index (κ1) is 23.7. The smallest absolute Gasteiger partial charge is 0.322 e. The molecular weight excluding hydrogens is 459 g/mol. The van der Waals surface area contributed by atoms with Crippen LogP contribution in [-0.2, 0) is 19.6 Å². The van der Waals surface area contributed by atoms with Gasteiger partial charge in [0.25, 0.3) is 0 Å². The molecule has 0 saturated carbocycles. The van der Waals surface area contributed by atoms with Gasteiger partial charge in [-0.15, -0.1) is 0 Å². The van der Waals surface area contributed by atoms with Crippen LogP contribution in [0.4, 0.5) is 11.6 Å². The van der Waals surface area contributed by atoms with Crippen LogP contribution in [-0.4, -0.2) is 54.5 Å². The van der Waals surface area contributed by atoms with Gasteiger partial charge in [-0.2, -0.15) is 4.72 Å². The number of carboxylic acid groups (broad SMARTS) is 1. The van der Waals surface area contributed by atoms with E-state index in [0.717, 1.165) is 12.1 Å². The summed E-state index contributed by atoms with van der Waals surface area (Å²) < 4.78 is 27.7. The molecule has 164 valence electrons. The molecule has 1 atom stereocenters. The van der Waals surface area contributed by atoms with Crippen LogP contribution in [0.15, 0.2) is 29.4 Å². The van der Waals surface area contributed by atoms with Crippen LogP contribution in [0.3, 0.4) is 0 Å². The third-order valence-electron chi connectivity index (χ3n) is 3.85. The number of sulfonamides is 1. The van der Waals surface area contributed by atoms with Crippen LogP contribution in [0.5, 0.6) is 0 Å². The normalized spacial score (nSPS) is 12.3. The van der Waals surface area contributed by atoms with Crippen LogP contribution < -0.4 is 21.1 Å². The fourth-order valence-electron chi connectivity index (χ4n) is 2.38. The molecule has 1 aromatic heterocycles. The number of amides is 1. The number of hydrogen-bond donors (Lipinski definition) is 6. The van der Waals surface area contributed by atoms with Crippen molar-refractivity contribution in [3.8, 4) is 0 Å². The molecule has 7 N–H and O–H groups in total. The van der Waals surface area contributed by atoms with Gasteiger partial charge in [0.15, 0.2) is 5.95 Å². The van der Waals surface area contributed by atoms with Crippen LogP contribution in [0.25, 0.3) is 0 Å². The first-order valence-corrected chi connectivity index (χ1v) is 10.8. The summed E-state index contributed by atoms with van der Waals surface area (Å²) in [5, 5.41) is 13.8. The molecule has 11 nitrogen and oxygen atoms in total. The first-order chi connectivity index (χ1) is 14.1. The van der Waals surface area contributed by atoms with Crippen molar-refractivity contribution in [1.82, 2.24) is 20.0 Å². The minimum Gasteiger partial charge on any atom is -0.480 e. The highest BCUT2D eigenvalue weighted by Crippen LogP contribution is 2.30. The van der Waals surface area contributed by atoms with E-state index in [1.807, 2.05) is 0 Å². The molecule has 0 aliphatic rings. The van der Waals surface area contributed by atoms with Gasteiger partial charge in [-0.3, -0.25) is 9.59 Å². The second-order valence-electron chi connectivity index (χ2n) is 6.09. The molecule has 2 rings (SSSR count). The number of anilines is 2. The lowest BCUT2D eigenvalue weighted by atomic mass is 10.1. The Bertz CT molecular complexity index is 977. The van der Waals surface area contributed by atoms with E-state index in [1.165, 1.54) is 0 Å². The SMILES string of the molecule is Nc1c(Cl)cc(S(=O)(=O)N[C@@H](CCCNc2ncc[nH]2)C(=O)NCC(=O)O)cc1Cl. The number of benzene rings is 1. The number of nitrogens with one attached hydrogen (secondary N) is 4. The summed E-state index contributed by atoms with van der Waals surface area (Å²) in [7, 11) is -4.21. The van der Waals surface area contributed by atoms with E-state index in [2.05, 4.69) is 25.3 Å². The maximum Gasteiger partial charge on any atom is 0.322 e. The number of rotatable bonds is 11. The van der Waals surface area contributed by atoms with Crippen LogP contribution in [0, 0.1) is 0 Å². The van der Waals surface area contributed by atoms with Gasteiger partial charge in [-0.1, -0.05) is 23.2 Å². The summed E-state index contributed by atoms with van der Waals surface area (Å²) in [6.07, 6.45) is 3.63. The molecule has 0 fully saturated rings. The average Bonchev–Trinajstić information content (AvgIpc) is 3.19. The van der Waals surface area contributed by atoms with Crippen LogP contribution in [0.2, 0.25) is 10.0 Å². The highest BCUT2D eigenvalue weighted by atomic mass is 35.5. The molecule has 0 spiro atoms. The van der Waals surface area contributed by atoms with E-state index in [-0.39, 0.29) is 27.0 Å². The van der Waals surface area contributed by atoms with E-state index < -0.39 is 34.5 Å². The molecule has 14 heteroatoms. The number of aromatic amines is 1. The maximum atomic E-state index is 12.7. The molecule has 0 bridgehead atoms. The lowest BCUT2D eigenvalue weighted by Crippen LogP contribution is -2.47. The number of aliphatic carboxylic acids is 1. The lowest BCUT2D eigenvalue weighted by molar-refractivity contribution is -0.138. The zero-order chi connectivity index (χ0) is 22.3. The van der Waals surface area contributed by atoms with Gasteiger partial charge in [-0.25, -0.2) is 13.4 Å². The van der Waals surface area contributed by atoms with E-state index >= 15 is 0 Å². The summed E-state index contributed by atoms with van der Waals surface area (Å²) in [5.74, 6) is -1.53. The second kappa shape index (κ2) is 10.5. The van der Waals surface area contributed by atoms with Crippen LogP contribution >= 0.6 is 23.2 Å². The van der Waals surface area contributed by atoms with Crippen molar-refractivity contribution < 1.29 is 23.1 Å². The number of carbonyl (C=O) groups excluding carboxylic acids is 1. The van der Waals surface area contributed by atoms with Gasteiger partial charge in [-0.05, 0) is 25.0 Å². The van der Waals surface area contributed by atoms with E-state index in [9.17, 15) is 18.0 Å². The number of nitrogen functional groups attached to an aromatic ring is 1. The fraction of sp³-hybridized carbons (Fsp3) is 0.312. The average molecular weight is 479 g/mol. The van der Waals surface area contributed by atoms with Crippen LogP contribution in [0.1, 0.15) is 12.8 Å². The van der Waals surface area contributed by atoms with Gasteiger partial charge in [0, 0.05) is 18.9 Å². The molecule has 0 aliphatic carbocycles. The fourth-order valence-corrected chi connectivity index (χ4v) is 4.27. The number of carbonyl (C=O) groups is 2. The number of imidazole rings is 1. The predicted octanol–water partition coefficient (Wildman–Crippen LogP) is 1.04. The van der Waals surface area contributed by atoms with E-state index in [0.29, 0.717) is 18.9 Å².